The minimum Gasteiger partial charge on any atom is -0.379 e. The third-order valence-corrected chi connectivity index (χ3v) is 6.56. The van der Waals surface area contributed by atoms with Crippen LogP contribution >= 0.6 is 35.3 Å². The summed E-state index contributed by atoms with van der Waals surface area (Å²) in [6, 6.07) is 5.58. The van der Waals surface area contributed by atoms with E-state index >= 15 is 0 Å². The van der Waals surface area contributed by atoms with Gasteiger partial charge in [-0.25, -0.2) is 4.98 Å². The number of hydrogen-bond acceptors (Lipinski definition) is 6. The third-order valence-electron chi connectivity index (χ3n) is 5.11. The Morgan fingerprint density at radius 3 is 2.77 bits per heavy atom. The minimum atomic E-state index is -0.129. The average Bonchev–Trinajstić information content (AvgIpc) is 3.35. The number of carbonyl (C=O) groups is 1. The Kier molecular flexibility index (Phi) is 7.70. The summed E-state index contributed by atoms with van der Waals surface area (Å²) < 4.78 is 8.08. The number of morpholine rings is 1. The molecule has 1 aliphatic heterocycles. The highest BCUT2D eigenvalue weighted by atomic mass is 35.5. The van der Waals surface area contributed by atoms with Gasteiger partial charge >= 0.3 is 0 Å². The first-order valence-corrected chi connectivity index (χ1v) is 10.9. The van der Waals surface area contributed by atoms with E-state index in [1.54, 1.807) is 21.8 Å². The Hall–Kier alpha value is -1.71. The standard InChI is InChI=1S/C20H24ClN5O2S.ClH/c1-14-15(21)4-5-17-18(14)22-20(29-17)26(19(27)16-6-9-24(2)23-16)8-3-7-25-10-12-28-13-11-25;/h4-6,9H,3,7-8,10-13H2,1-2H3;1H. The van der Waals surface area contributed by atoms with E-state index in [1.165, 1.54) is 11.3 Å². The van der Waals surface area contributed by atoms with Crippen LogP contribution in [0, 0.1) is 6.92 Å². The Morgan fingerprint density at radius 1 is 1.30 bits per heavy atom. The van der Waals surface area contributed by atoms with Crippen LogP contribution in [0.1, 0.15) is 22.5 Å². The van der Waals surface area contributed by atoms with E-state index in [0.29, 0.717) is 22.4 Å². The van der Waals surface area contributed by atoms with E-state index in [2.05, 4.69) is 10.00 Å². The predicted octanol–water partition coefficient (Wildman–Crippen LogP) is 3.78. The number of anilines is 1. The summed E-state index contributed by atoms with van der Waals surface area (Å²) in [4.78, 5) is 22.1. The molecular formula is C20H25Cl2N5O2S. The molecule has 0 saturated carbocycles. The number of fused-ring (bicyclic) bond motifs is 1. The summed E-state index contributed by atoms with van der Waals surface area (Å²) in [6.07, 6.45) is 2.63. The molecule has 162 valence electrons. The van der Waals surface area contributed by atoms with Gasteiger partial charge in [-0.15, -0.1) is 12.4 Å². The number of rotatable bonds is 6. The molecule has 0 spiro atoms. The first-order chi connectivity index (χ1) is 14.0. The molecule has 1 amide bonds. The summed E-state index contributed by atoms with van der Waals surface area (Å²) in [5, 5.41) is 5.66. The Labute approximate surface area is 191 Å². The van der Waals surface area contributed by atoms with E-state index in [4.69, 9.17) is 21.3 Å². The van der Waals surface area contributed by atoms with Crippen LogP contribution in [0.25, 0.3) is 10.2 Å². The van der Waals surface area contributed by atoms with Gasteiger partial charge in [0, 0.05) is 44.4 Å². The molecule has 0 aliphatic carbocycles. The van der Waals surface area contributed by atoms with Crippen molar-refractivity contribution >= 4 is 56.6 Å². The van der Waals surface area contributed by atoms with Gasteiger partial charge in [-0.3, -0.25) is 19.3 Å². The number of thiazole rings is 1. The molecule has 0 bridgehead atoms. The highest BCUT2D eigenvalue weighted by molar-refractivity contribution is 7.22. The van der Waals surface area contributed by atoms with Gasteiger partial charge in [0.25, 0.3) is 5.91 Å². The topological polar surface area (TPSA) is 63.5 Å². The molecule has 4 rings (SSSR count). The fourth-order valence-corrected chi connectivity index (χ4v) is 4.63. The van der Waals surface area contributed by atoms with Gasteiger partial charge in [0.05, 0.1) is 23.4 Å². The lowest BCUT2D eigenvalue weighted by Crippen LogP contribution is -2.39. The molecule has 10 heteroatoms. The van der Waals surface area contributed by atoms with E-state index < -0.39 is 0 Å². The lowest BCUT2D eigenvalue weighted by molar-refractivity contribution is 0.0376. The van der Waals surface area contributed by atoms with E-state index in [0.717, 1.165) is 55.0 Å². The molecule has 3 aromatic rings. The van der Waals surface area contributed by atoms with Crippen molar-refractivity contribution in [3.8, 4) is 0 Å². The van der Waals surface area contributed by atoms with Gasteiger partial charge < -0.3 is 4.74 Å². The largest absolute Gasteiger partial charge is 0.379 e. The molecule has 7 nitrogen and oxygen atoms in total. The van der Waals surface area contributed by atoms with Gasteiger partial charge in [0.15, 0.2) is 10.8 Å². The highest BCUT2D eigenvalue weighted by Gasteiger charge is 2.24. The maximum Gasteiger partial charge on any atom is 0.280 e. The van der Waals surface area contributed by atoms with E-state index in [1.807, 2.05) is 26.1 Å². The smallest absolute Gasteiger partial charge is 0.280 e. The molecule has 0 atom stereocenters. The molecule has 1 saturated heterocycles. The van der Waals surface area contributed by atoms with Crippen molar-refractivity contribution in [3.05, 3.63) is 40.7 Å². The SMILES string of the molecule is Cc1c(Cl)ccc2sc(N(CCCN3CCOCC3)C(=O)c3ccn(C)n3)nc12.Cl. The number of ether oxygens (including phenoxy) is 1. The van der Waals surface area contributed by atoms with E-state index in [9.17, 15) is 4.79 Å². The monoisotopic (exact) mass is 469 g/mol. The molecule has 30 heavy (non-hydrogen) atoms. The molecular weight excluding hydrogens is 445 g/mol. The van der Waals surface area contributed by atoms with Crippen molar-refractivity contribution in [2.75, 3.05) is 44.3 Å². The van der Waals surface area contributed by atoms with Gasteiger partial charge in [0.1, 0.15) is 0 Å². The van der Waals surface area contributed by atoms with Crippen molar-refractivity contribution < 1.29 is 9.53 Å². The molecule has 1 aromatic carbocycles. The van der Waals surface area contributed by atoms with Gasteiger partial charge in [0.2, 0.25) is 0 Å². The number of aromatic nitrogens is 3. The maximum atomic E-state index is 13.2. The van der Waals surface area contributed by atoms with Crippen LogP contribution in [-0.4, -0.2) is 65.0 Å². The number of benzene rings is 1. The molecule has 0 N–H and O–H groups in total. The molecule has 0 radical (unpaired) electrons. The lowest BCUT2D eigenvalue weighted by atomic mass is 10.2. The molecule has 0 unspecified atom stereocenters. The van der Waals surface area contributed by atoms with Crippen LogP contribution in [0.3, 0.4) is 0 Å². The maximum absolute atomic E-state index is 13.2. The summed E-state index contributed by atoms with van der Waals surface area (Å²) in [5.74, 6) is -0.129. The third kappa shape index (κ3) is 4.95. The second-order valence-electron chi connectivity index (χ2n) is 7.15. The zero-order chi connectivity index (χ0) is 20.4. The Morgan fingerprint density at radius 2 is 2.07 bits per heavy atom. The minimum absolute atomic E-state index is 0. The number of halogens is 2. The fraction of sp³-hybridized carbons (Fsp3) is 0.450. The summed E-state index contributed by atoms with van der Waals surface area (Å²) in [5.41, 5.74) is 2.21. The van der Waals surface area contributed by atoms with Gasteiger partial charge in [-0.2, -0.15) is 5.10 Å². The predicted molar refractivity (Wildman–Crippen MR) is 123 cm³/mol. The van der Waals surface area contributed by atoms with Crippen LogP contribution < -0.4 is 4.90 Å². The van der Waals surface area contributed by atoms with Crippen LogP contribution in [0.2, 0.25) is 5.02 Å². The molecule has 2 aromatic heterocycles. The summed E-state index contributed by atoms with van der Waals surface area (Å²) in [6.45, 7) is 6.88. The van der Waals surface area contributed by atoms with Gasteiger partial charge in [-0.05, 0) is 37.1 Å². The first-order valence-electron chi connectivity index (χ1n) is 9.70. The van der Waals surface area contributed by atoms with Crippen molar-refractivity contribution in [3.63, 3.8) is 0 Å². The first kappa shape index (κ1) is 23.0. The van der Waals surface area contributed by atoms with Crippen molar-refractivity contribution in [2.45, 2.75) is 13.3 Å². The highest BCUT2D eigenvalue weighted by Crippen LogP contribution is 2.34. The number of carbonyl (C=O) groups excluding carboxylic acids is 1. The molecule has 1 fully saturated rings. The van der Waals surface area contributed by atoms with Crippen LogP contribution in [0.5, 0.6) is 0 Å². The lowest BCUT2D eigenvalue weighted by Gasteiger charge is -2.27. The summed E-state index contributed by atoms with van der Waals surface area (Å²) >= 11 is 7.77. The van der Waals surface area contributed by atoms with Crippen LogP contribution in [0.4, 0.5) is 5.13 Å². The normalized spacial score (nSPS) is 14.6. The molecule has 1 aliphatic rings. The fourth-order valence-electron chi connectivity index (χ4n) is 3.43. The van der Waals surface area contributed by atoms with Crippen molar-refractivity contribution in [1.82, 2.24) is 19.7 Å². The van der Waals surface area contributed by atoms with Crippen molar-refractivity contribution in [1.29, 1.82) is 0 Å². The van der Waals surface area contributed by atoms with Crippen LogP contribution in [0.15, 0.2) is 24.4 Å². The molecule has 3 heterocycles. The summed E-state index contributed by atoms with van der Waals surface area (Å²) in [7, 11) is 1.81. The quantitative estimate of drug-likeness (QED) is 0.549. The number of hydrogen-bond donors (Lipinski definition) is 0. The number of nitrogens with zero attached hydrogens (tertiary/aromatic N) is 5. The zero-order valence-corrected chi connectivity index (χ0v) is 19.4. The second-order valence-corrected chi connectivity index (χ2v) is 8.57. The number of aryl methyl sites for hydroxylation is 2. The number of amides is 1. The zero-order valence-electron chi connectivity index (χ0n) is 17.0. The average molecular weight is 470 g/mol. The van der Waals surface area contributed by atoms with Crippen molar-refractivity contribution in [2.24, 2.45) is 7.05 Å². The van der Waals surface area contributed by atoms with Gasteiger partial charge in [-0.1, -0.05) is 22.9 Å². The Bertz CT molecular complexity index is 1020. The van der Waals surface area contributed by atoms with E-state index in [-0.39, 0.29) is 18.3 Å². The second kappa shape index (κ2) is 10.1. The van der Waals surface area contributed by atoms with Crippen LogP contribution in [-0.2, 0) is 11.8 Å². The Balaban J connectivity index is 0.00000256.